The molecule has 9 nitrogen and oxygen atoms in total. The fraction of sp³-hybridized carbons (Fsp3) is 0.148. The second-order valence-electron chi connectivity index (χ2n) is 7.85. The van der Waals surface area contributed by atoms with Gasteiger partial charge in [0.05, 0.1) is 42.9 Å². The largest absolute Gasteiger partial charge is 0.497 e. The van der Waals surface area contributed by atoms with E-state index in [2.05, 4.69) is 26.6 Å². The van der Waals surface area contributed by atoms with Crippen molar-refractivity contribution in [3.8, 4) is 28.8 Å². The minimum atomic E-state index is -0.467. The van der Waals surface area contributed by atoms with Gasteiger partial charge >= 0.3 is 0 Å². The first-order valence-electron chi connectivity index (χ1n) is 11.2. The summed E-state index contributed by atoms with van der Waals surface area (Å²) >= 11 is 0. The average Bonchev–Trinajstić information content (AvgIpc) is 2.93. The number of azo groups is 1. The molecule has 0 atom stereocenters. The molecule has 0 radical (unpaired) electrons. The van der Waals surface area contributed by atoms with E-state index in [0.717, 1.165) is 11.1 Å². The molecule has 4 rings (SSSR count). The molecule has 0 aliphatic heterocycles. The predicted octanol–water partition coefficient (Wildman–Crippen LogP) is 5.65. The number of nitrogens with two attached hydrogens (primary N) is 1. The van der Waals surface area contributed by atoms with Crippen molar-refractivity contribution in [1.82, 2.24) is 9.97 Å². The molecule has 3 N–H and O–H groups in total. The molecule has 0 saturated carbocycles. The maximum absolute atomic E-state index is 14.0. The fourth-order valence-corrected chi connectivity index (χ4v) is 3.57. The van der Waals surface area contributed by atoms with Crippen LogP contribution in [0.25, 0.3) is 11.3 Å². The number of anilines is 2. The van der Waals surface area contributed by atoms with E-state index in [-0.39, 0.29) is 12.2 Å². The zero-order chi connectivity index (χ0) is 26.2. The Morgan fingerprint density at radius 2 is 1.95 bits per heavy atom. The number of halogens is 1. The molecule has 37 heavy (non-hydrogen) atoms. The molecular weight excluding hydrogens is 473 g/mol. The first-order chi connectivity index (χ1) is 18.0. The highest BCUT2D eigenvalue weighted by Crippen LogP contribution is 2.35. The number of pyridine rings is 2. The minimum Gasteiger partial charge on any atom is -0.497 e. The van der Waals surface area contributed by atoms with Gasteiger partial charge in [0.15, 0.2) is 11.5 Å². The molecule has 0 aliphatic rings. The van der Waals surface area contributed by atoms with Gasteiger partial charge in [-0.1, -0.05) is 12.1 Å². The number of benzene rings is 2. The van der Waals surface area contributed by atoms with Crippen molar-refractivity contribution in [2.75, 3.05) is 25.3 Å². The zero-order valence-electron chi connectivity index (χ0n) is 20.3. The van der Waals surface area contributed by atoms with E-state index in [1.54, 1.807) is 44.6 Å². The number of nitrogens with one attached hydrogen (secondary N) is 1. The average molecular weight is 498 g/mol. The van der Waals surface area contributed by atoms with E-state index in [4.69, 9.17) is 20.2 Å². The second kappa shape index (κ2) is 11.6. The van der Waals surface area contributed by atoms with Gasteiger partial charge in [-0.3, -0.25) is 4.98 Å². The third-order valence-corrected chi connectivity index (χ3v) is 5.48. The van der Waals surface area contributed by atoms with Gasteiger partial charge in [-0.25, -0.2) is 9.37 Å². The lowest BCUT2D eigenvalue weighted by Crippen LogP contribution is -2.06. The van der Waals surface area contributed by atoms with Crippen LogP contribution in [0, 0.1) is 17.1 Å². The molecule has 2 aromatic heterocycles. The Labute approximate surface area is 213 Å². The summed E-state index contributed by atoms with van der Waals surface area (Å²) in [7, 11) is 3.16. The Kier molecular flexibility index (Phi) is 7.85. The molecule has 0 saturated heterocycles. The van der Waals surface area contributed by atoms with Gasteiger partial charge in [0.1, 0.15) is 23.9 Å². The summed E-state index contributed by atoms with van der Waals surface area (Å²) in [5, 5.41) is 20.9. The monoisotopic (exact) mass is 497 g/mol. The van der Waals surface area contributed by atoms with Crippen molar-refractivity contribution < 1.29 is 13.9 Å². The van der Waals surface area contributed by atoms with Gasteiger partial charge in [0.2, 0.25) is 0 Å². The van der Waals surface area contributed by atoms with Crippen molar-refractivity contribution in [2.45, 2.75) is 13.1 Å². The quantitative estimate of drug-likeness (QED) is 0.286. The maximum atomic E-state index is 14.0. The third kappa shape index (κ3) is 5.97. The second-order valence-corrected chi connectivity index (χ2v) is 7.85. The molecular formula is C27H24FN7O2. The van der Waals surface area contributed by atoms with Crippen LogP contribution in [0.2, 0.25) is 0 Å². The Morgan fingerprint density at radius 3 is 2.70 bits per heavy atom. The molecule has 2 heterocycles. The zero-order valence-corrected chi connectivity index (χ0v) is 20.3. The Hall–Kier alpha value is -5.04. The number of ether oxygens (including phenoxy) is 2. The lowest BCUT2D eigenvalue weighted by Gasteiger charge is -2.15. The van der Waals surface area contributed by atoms with Gasteiger partial charge in [-0.15, -0.1) is 5.11 Å². The smallest absolute Gasteiger partial charge is 0.156 e. The Morgan fingerprint density at radius 1 is 1.08 bits per heavy atom. The number of rotatable bonds is 9. The number of methoxy groups -OCH3 is 2. The van der Waals surface area contributed by atoms with Gasteiger partial charge in [-0.05, 0) is 42.5 Å². The van der Waals surface area contributed by atoms with Crippen molar-refractivity contribution in [3.63, 3.8) is 0 Å². The molecule has 0 aliphatic carbocycles. The Balaban J connectivity index is 1.70. The standard InChI is InChI=1S/C27H24FN7O2/c1-36-20-9-8-19(25(12-20)37-2)15-32-27-26(35-33-16-24-21(28)7-4-10-31-24)22(30)13-23(34-27)18-6-3-5-17(11-18)14-29/h3-13H,15-16H2,1-2H3,(H3,30,32,34). The first kappa shape index (κ1) is 25.1. The predicted molar refractivity (Wildman–Crippen MR) is 138 cm³/mol. The van der Waals surface area contributed by atoms with Crippen molar-refractivity contribution >= 4 is 17.2 Å². The number of hydrogen-bond acceptors (Lipinski definition) is 9. The molecule has 0 bridgehead atoms. The van der Waals surface area contributed by atoms with E-state index in [1.807, 2.05) is 18.2 Å². The van der Waals surface area contributed by atoms with Crippen LogP contribution < -0.4 is 20.5 Å². The lowest BCUT2D eigenvalue weighted by atomic mass is 10.1. The van der Waals surface area contributed by atoms with Crippen LogP contribution in [-0.4, -0.2) is 24.2 Å². The number of nitriles is 1. The van der Waals surface area contributed by atoms with E-state index in [9.17, 15) is 9.65 Å². The summed E-state index contributed by atoms with van der Waals surface area (Å²) in [5.41, 5.74) is 9.75. The van der Waals surface area contributed by atoms with Crippen LogP contribution in [-0.2, 0) is 13.1 Å². The van der Waals surface area contributed by atoms with Crippen LogP contribution in [0.1, 0.15) is 16.8 Å². The fourth-order valence-electron chi connectivity index (χ4n) is 3.57. The van der Waals surface area contributed by atoms with Crippen molar-refractivity contribution in [1.29, 1.82) is 5.26 Å². The normalized spacial score (nSPS) is 10.8. The molecule has 0 fully saturated rings. The third-order valence-electron chi connectivity index (χ3n) is 5.48. The molecule has 4 aromatic rings. The van der Waals surface area contributed by atoms with Gasteiger partial charge in [0, 0.05) is 29.9 Å². The van der Waals surface area contributed by atoms with E-state index >= 15 is 0 Å². The minimum absolute atomic E-state index is 0.0657. The lowest BCUT2D eigenvalue weighted by molar-refractivity contribution is 0.391. The van der Waals surface area contributed by atoms with Crippen LogP contribution in [0.5, 0.6) is 11.5 Å². The number of aromatic nitrogens is 2. The summed E-state index contributed by atoms with van der Waals surface area (Å²) in [4.78, 5) is 8.71. The van der Waals surface area contributed by atoms with Gasteiger partial charge < -0.3 is 20.5 Å². The molecule has 2 aromatic carbocycles. The highest BCUT2D eigenvalue weighted by molar-refractivity contribution is 5.80. The summed E-state index contributed by atoms with van der Waals surface area (Å²) in [6.45, 7) is 0.266. The van der Waals surface area contributed by atoms with E-state index < -0.39 is 5.82 Å². The van der Waals surface area contributed by atoms with E-state index in [0.29, 0.717) is 46.5 Å². The van der Waals surface area contributed by atoms with Gasteiger partial charge in [-0.2, -0.15) is 10.4 Å². The number of hydrogen-bond donors (Lipinski definition) is 2. The molecule has 186 valence electrons. The Bertz CT molecular complexity index is 1480. The van der Waals surface area contributed by atoms with Crippen molar-refractivity contribution in [2.24, 2.45) is 10.2 Å². The SMILES string of the molecule is COc1ccc(CNc2nc(-c3cccc(C#N)c3)cc(N)c2N=NCc2ncccc2F)c(OC)c1. The summed E-state index contributed by atoms with van der Waals surface area (Å²) < 4.78 is 24.7. The molecule has 0 amide bonds. The highest BCUT2D eigenvalue weighted by atomic mass is 19.1. The topological polar surface area (TPSA) is 131 Å². The van der Waals surface area contributed by atoms with Crippen molar-refractivity contribution in [3.05, 3.63) is 89.5 Å². The van der Waals surface area contributed by atoms with Crippen LogP contribution >= 0.6 is 0 Å². The molecule has 0 spiro atoms. The van der Waals surface area contributed by atoms with E-state index in [1.165, 1.54) is 18.3 Å². The summed E-state index contributed by atoms with van der Waals surface area (Å²) in [6.07, 6.45) is 1.49. The van der Waals surface area contributed by atoms with Crippen LogP contribution in [0.15, 0.2) is 77.1 Å². The van der Waals surface area contributed by atoms with Crippen LogP contribution in [0.3, 0.4) is 0 Å². The number of nitrogen functional groups attached to an aromatic ring is 1. The summed E-state index contributed by atoms with van der Waals surface area (Å²) in [5.74, 6) is 1.19. The molecule has 0 unspecified atom stereocenters. The summed E-state index contributed by atoms with van der Waals surface area (Å²) in [6, 6.07) is 19.1. The first-order valence-corrected chi connectivity index (χ1v) is 11.2. The maximum Gasteiger partial charge on any atom is 0.156 e. The van der Waals surface area contributed by atoms with Crippen LogP contribution in [0.4, 0.5) is 21.6 Å². The van der Waals surface area contributed by atoms with Gasteiger partial charge in [0.25, 0.3) is 0 Å². The highest BCUT2D eigenvalue weighted by Gasteiger charge is 2.14. The number of nitrogens with zero attached hydrogens (tertiary/aromatic N) is 5. The molecule has 10 heteroatoms.